The molecule has 3 aliphatic rings. The predicted molar refractivity (Wildman–Crippen MR) is 170 cm³/mol. The summed E-state index contributed by atoms with van der Waals surface area (Å²) < 4.78 is 27.3. The summed E-state index contributed by atoms with van der Waals surface area (Å²) in [4.78, 5) is 39.0. The zero-order chi connectivity index (χ0) is 31.3. The maximum absolute atomic E-state index is 14.9. The summed E-state index contributed by atoms with van der Waals surface area (Å²) in [6.07, 6.45) is 6.22. The Morgan fingerprint density at radius 3 is 2.58 bits per heavy atom. The maximum atomic E-state index is 14.9. The molecule has 2 aliphatic heterocycles. The highest BCUT2D eigenvalue weighted by Crippen LogP contribution is 2.40. The van der Waals surface area contributed by atoms with Gasteiger partial charge in [-0.3, -0.25) is 14.9 Å². The number of nitrogens with zero attached hydrogens (tertiary/aromatic N) is 4. The number of carbonyl (C=O) groups excluding carboxylic acids is 2. The lowest BCUT2D eigenvalue weighted by Gasteiger charge is -2.35. The van der Waals surface area contributed by atoms with Crippen molar-refractivity contribution in [2.45, 2.75) is 70.3 Å². The number of rotatable bonds is 7. The van der Waals surface area contributed by atoms with Crippen LogP contribution in [0.4, 0.5) is 19.7 Å². The molecule has 2 unspecified atom stereocenters. The highest BCUT2D eigenvalue weighted by atomic mass is 32.1. The van der Waals surface area contributed by atoms with Crippen molar-refractivity contribution < 1.29 is 23.5 Å². The van der Waals surface area contributed by atoms with E-state index in [1.807, 2.05) is 44.0 Å². The van der Waals surface area contributed by atoms with E-state index < -0.39 is 11.4 Å². The average molecular weight is 631 g/mol. The number of benzene rings is 1. The second-order valence-corrected chi connectivity index (χ2v) is 14.0. The number of carbonyl (C=O) groups is 2. The van der Waals surface area contributed by atoms with Crippen LogP contribution in [-0.4, -0.2) is 68.7 Å². The van der Waals surface area contributed by atoms with Gasteiger partial charge in [-0.25, -0.2) is 14.0 Å². The van der Waals surface area contributed by atoms with Crippen LogP contribution >= 0.6 is 11.3 Å². The predicted octanol–water partition coefficient (Wildman–Crippen LogP) is 6.77. The minimum atomic E-state index is -0.581. The maximum Gasteiger partial charge on any atom is 0.410 e. The van der Waals surface area contributed by atoms with Crippen molar-refractivity contribution >= 4 is 39.4 Å². The molecule has 0 radical (unpaired) electrons. The van der Waals surface area contributed by atoms with E-state index in [2.05, 4.69) is 26.6 Å². The van der Waals surface area contributed by atoms with Gasteiger partial charge < -0.3 is 25.0 Å². The van der Waals surface area contributed by atoms with E-state index in [1.54, 1.807) is 18.3 Å². The van der Waals surface area contributed by atoms with Gasteiger partial charge in [-0.2, -0.15) is 0 Å². The van der Waals surface area contributed by atoms with E-state index >= 15 is 0 Å². The summed E-state index contributed by atoms with van der Waals surface area (Å²) >= 11 is 1.48. The number of hydrogen-bond acceptors (Lipinski definition) is 8. The van der Waals surface area contributed by atoms with Crippen LogP contribution in [0.1, 0.15) is 45.6 Å². The number of thiophene rings is 1. The van der Waals surface area contributed by atoms with Gasteiger partial charge in [0, 0.05) is 68.0 Å². The quantitative estimate of drug-likeness (QED) is 0.232. The van der Waals surface area contributed by atoms with Crippen LogP contribution in [0.25, 0.3) is 20.8 Å². The van der Waals surface area contributed by atoms with E-state index in [1.165, 1.54) is 23.5 Å². The first kappa shape index (κ1) is 29.4. The van der Waals surface area contributed by atoms with Crippen LogP contribution in [0.15, 0.2) is 54.9 Å². The smallest absolute Gasteiger partial charge is 0.410 e. The summed E-state index contributed by atoms with van der Waals surface area (Å²) in [6.45, 7) is 7.96. The molecule has 1 aromatic carbocycles. The number of urea groups is 1. The highest BCUT2D eigenvalue weighted by Gasteiger charge is 2.46. The Labute approximate surface area is 264 Å². The van der Waals surface area contributed by atoms with Gasteiger partial charge >= 0.3 is 12.1 Å². The highest BCUT2D eigenvalue weighted by molar-refractivity contribution is 7.22. The molecule has 2 N–H and O–H groups in total. The van der Waals surface area contributed by atoms with Gasteiger partial charge in [0.25, 0.3) is 0 Å². The fourth-order valence-electron chi connectivity index (χ4n) is 5.87. The molecule has 10 nitrogen and oxygen atoms in total. The molecule has 4 aromatic rings. The molecule has 3 fully saturated rings. The van der Waals surface area contributed by atoms with Crippen molar-refractivity contribution in [3.63, 3.8) is 0 Å². The van der Waals surface area contributed by atoms with Crippen molar-refractivity contribution in [2.75, 3.05) is 18.4 Å². The Bertz CT molecular complexity index is 1750. The Morgan fingerprint density at radius 2 is 1.89 bits per heavy atom. The molecule has 3 aromatic heterocycles. The first-order valence-electron chi connectivity index (χ1n) is 15.2. The molecule has 1 aliphatic carbocycles. The zero-order valence-corrected chi connectivity index (χ0v) is 26.2. The Kier molecular flexibility index (Phi) is 7.57. The van der Waals surface area contributed by atoms with Gasteiger partial charge in [0.1, 0.15) is 11.4 Å². The number of fused-ring (bicyclic) bond motifs is 3. The van der Waals surface area contributed by atoms with Gasteiger partial charge in [-0.1, -0.05) is 6.07 Å². The molecule has 0 spiro atoms. The number of ether oxygens (including phenoxy) is 2. The van der Waals surface area contributed by atoms with Gasteiger partial charge in [0.2, 0.25) is 0 Å². The molecule has 7 rings (SSSR count). The number of aromatic nitrogens is 2. The topological polar surface area (TPSA) is 109 Å². The van der Waals surface area contributed by atoms with E-state index in [4.69, 9.17) is 14.5 Å². The summed E-state index contributed by atoms with van der Waals surface area (Å²) in [5.74, 6) is -0.0385. The normalized spacial score (nSPS) is 19.6. The summed E-state index contributed by atoms with van der Waals surface area (Å²) in [6, 6.07) is 12.5. The number of amides is 3. The SMILES string of the molecule is CC(C)(C)OC(=O)N1CC2CC1CN2Cc1ccc(-c2cc3nccc(Oc4ccc(NC(=O)NC5CC5)cc4F)c3s2)nc1. The van der Waals surface area contributed by atoms with E-state index in [-0.39, 0.29) is 30.0 Å². The van der Waals surface area contributed by atoms with Gasteiger partial charge in [0.15, 0.2) is 11.6 Å². The standard InChI is InChI=1S/C33H35FN6O4S/c1-33(2,3)44-32(42)40-18-22-13-23(40)17-39(22)16-19-4-8-25(36-15-19)29-14-26-30(45-29)28(10-11-35-26)43-27-9-7-21(12-24(27)34)38-31(41)37-20-5-6-20/h4,7-12,14-15,20,22-23H,5-6,13,16-18H2,1-3H3,(H2,37,38,41). The molecule has 2 saturated heterocycles. The van der Waals surface area contributed by atoms with Crippen LogP contribution < -0.4 is 15.4 Å². The van der Waals surface area contributed by atoms with Crippen molar-refractivity contribution in [3.05, 3.63) is 66.2 Å². The Hall–Kier alpha value is -4.29. The van der Waals surface area contributed by atoms with Crippen molar-refractivity contribution in [1.29, 1.82) is 0 Å². The summed E-state index contributed by atoms with van der Waals surface area (Å²) in [5, 5.41) is 5.47. The van der Waals surface area contributed by atoms with Crippen LogP contribution in [0, 0.1) is 5.82 Å². The largest absolute Gasteiger partial charge is 0.453 e. The molecule has 3 amide bonds. The third-order valence-electron chi connectivity index (χ3n) is 8.14. The van der Waals surface area contributed by atoms with Gasteiger partial charge in [-0.15, -0.1) is 11.3 Å². The van der Waals surface area contributed by atoms with Crippen LogP contribution in [0.2, 0.25) is 0 Å². The van der Waals surface area contributed by atoms with Crippen LogP contribution in [0.5, 0.6) is 11.5 Å². The molecule has 1 saturated carbocycles. The van der Waals surface area contributed by atoms with Gasteiger partial charge in [0.05, 0.1) is 20.8 Å². The Morgan fingerprint density at radius 1 is 1.04 bits per heavy atom. The van der Waals surface area contributed by atoms with E-state index in [9.17, 15) is 14.0 Å². The monoisotopic (exact) mass is 630 g/mol. The van der Waals surface area contributed by atoms with Crippen molar-refractivity contribution in [1.82, 2.24) is 25.1 Å². The van der Waals surface area contributed by atoms with Crippen LogP contribution in [0.3, 0.4) is 0 Å². The molecule has 5 heterocycles. The first-order valence-corrected chi connectivity index (χ1v) is 16.0. The van der Waals surface area contributed by atoms with Crippen LogP contribution in [-0.2, 0) is 11.3 Å². The molecular formula is C33H35FN6O4S. The lowest BCUT2D eigenvalue weighted by molar-refractivity contribution is 0.0124. The molecular weight excluding hydrogens is 595 g/mol. The number of anilines is 1. The first-order chi connectivity index (χ1) is 21.6. The molecule has 2 bridgehead atoms. The Balaban J connectivity index is 0.995. The third-order valence-corrected chi connectivity index (χ3v) is 9.30. The fourth-order valence-corrected chi connectivity index (χ4v) is 6.91. The lowest BCUT2D eigenvalue weighted by atomic mass is 10.2. The van der Waals surface area contributed by atoms with Crippen molar-refractivity contribution in [2.24, 2.45) is 0 Å². The zero-order valence-electron chi connectivity index (χ0n) is 25.4. The molecule has 12 heteroatoms. The summed E-state index contributed by atoms with van der Waals surface area (Å²) in [7, 11) is 0. The number of nitrogens with one attached hydrogen (secondary N) is 2. The molecule has 45 heavy (non-hydrogen) atoms. The number of piperazine rings is 1. The lowest BCUT2D eigenvalue weighted by Crippen LogP contribution is -2.49. The molecule has 2 atom stereocenters. The number of halogens is 1. The van der Waals surface area contributed by atoms with Crippen molar-refractivity contribution in [3.8, 4) is 22.1 Å². The molecule has 234 valence electrons. The minimum absolute atomic E-state index is 0.0536. The van der Waals surface area contributed by atoms with E-state index in [0.717, 1.165) is 58.7 Å². The number of likely N-dealkylation sites (tertiary alicyclic amines) is 2. The second kappa shape index (κ2) is 11.6. The van der Waals surface area contributed by atoms with Gasteiger partial charge in [-0.05, 0) is 69.9 Å². The minimum Gasteiger partial charge on any atom is -0.453 e. The summed E-state index contributed by atoms with van der Waals surface area (Å²) in [5.41, 5.74) is 2.51. The number of pyridine rings is 2. The second-order valence-electron chi connectivity index (χ2n) is 12.9. The third kappa shape index (κ3) is 6.57. The fraction of sp³-hybridized carbons (Fsp3) is 0.394. The average Bonchev–Trinajstić information content (AvgIpc) is 3.35. The van der Waals surface area contributed by atoms with E-state index in [0.29, 0.717) is 24.0 Å². The number of hydrogen-bond donors (Lipinski definition) is 2.